The fourth-order valence-corrected chi connectivity index (χ4v) is 2.63. The summed E-state index contributed by atoms with van der Waals surface area (Å²) in [7, 11) is 0. The van der Waals surface area contributed by atoms with Gasteiger partial charge in [0.25, 0.3) is 0 Å². The quantitative estimate of drug-likeness (QED) is 0.870. The van der Waals surface area contributed by atoms with Crippen LogP contribution in [0.15, 0.2) is 24.3 Å². The number of halogens is 1. The highest BCUT2D eigenvalue weighted by Crippen LogP contribution is 2.25. The molecule has 4 nitrogen and oxygen atoms in total. The van der Waals surface area contributed by atoms with Crippen LogP contribution in [-0.2, 0) is 11.3 Å². The van der Waals surface area contributed by atoms with Crippen LogP contribution in [-0.4, -0.2) is 36.2 Å². The summed E-state index contributed by atoms with van der Waals surface area (Å²) in [5.74, 6) is 0. The average Bonchev–Trinajstić information content (AvgIpc) is 2.83. The number of carbonyl (C=O) groups excluding carboxylic acids is 1. The van der Waals surface area contributed by atoms with Gasteiger partial charge in [0.1, 0.15) is 6.10 Å². The van der Waals surface area contributed by atoms with Gasteiger partial charge >= 0.3 is 6.09 Å². The second-order valence-electron chi connectivity index (χ2n) is 4.41. The molecule has 2 atom stereocenters. The van der Waals surface area contributed by atoms with Gasteiger partial charge in [-0.15, -0.1) is 0 Å². The molecular formula is C12H13ClN2O2. The van der Waals surface area contributed by atoms with Crippen molar-refractivity contribution < 1.29 is 9.53 Å². The van der Waals surface area contributed by atoms with Crippen LogP contribution >= 0.6 is 11.6 Å². The summed E-state index contributed by atoms with van der Waals surface area (Å²) in [5, 5.41) is 3.92. The summed E-state index contributed by atoms with van der Waals surface area (Å²) in [6.45, 7) is 2.11. The first kappa shape index (κ1) is 10.9. The maximum atomic E-state index is 11.7. The van der Waals surface area contributed by atoms with Gasteiger partial charge in [-0.2, -0.15) is 0 Å². The molecule has 0 spiro atoms. The SMILES string of the molecule is O=C1OC2CNCC2N1Cc1cccc(Cl)c1. The fraction of sp³-hybridized carbons (Fsp3) is 0.417. The van der Waals surface area contributed by atoms with E-state index in [-0.39, 0.29) is 18.2 Å². The monoisotopic (exact) mass is 252 g/mol. The highest BCUT2D eigenvalue weighted by molar-refractivity contribution is 6.30. The number of amides is 1. The smallest absolute Gasteiger partial charge is 0.410 e. The molecule has 1 aromatic carbocycles. The van der Waals surface area contributed by atoms with E-state index in [0.717, 1.165) is 18.7 Å². The highest BCUT2D eigenvalue weighted by atomic mass is 35.5. The molecule has 0 bridgehead atoms. The molecule has 2 aliphatic heterocycles. The van der Waals surface area contributed by atoms with E-state index in [4.69, 9.17) is 16.3 Å². The van der Waals surface area contributed by atoms with Crippen LogP contribution in [0.1, 0.15) is 5.56 Å². The van der Waals surface area contributed by atoms with Crippen molar-refractivity contribution in [2.75, 3.05) is 13.1 Å². The van der Waals surface area contributed by atoms with Crippen molar-refractivity contribution in [2.24, 2.45) is 0 Å². The Balaban J connectivity index is 1.78. The maximum absolute atomic E-state index is 11.7. The molecule has 3 rings (SSSR count). The standard InChI is InChI=1S/C12H13ClN2O2/c13-9-3-1-2-8(4-9)7-15-10-5-14-6-11(10)17-12(15)16/h1-4,10-11,14H,5-7H2. The molecule has 0 radical (unpaired) electrons. The predicted octanol–water partition coefficient (Wildman–Crippen LogP) is 1.63. The largest absolute Gasteiger partial charge is 0.442 e. The van der Waals surface area contributed by atoms with Crippen molar-refractivity contribution in [3.8, 4) is 0 Å². The second-order valence-corrected chi connectivity index (χ2v) is 4.84. The number of fused-ring (bicyclic) bond motifs is 1. The molecule has 2 saturated heterocycles. The van der Waals surface area contributed by atoms with Crippen LogP contribution in [0.4, 0.5) is 4.79 Å². The van der Waals surface area contributed by atoms with Crippen molar-refractivity contribution in [1.82, 2.24) is 10.2 Å². The molecule has 0 aliphatic carbocycles. The summed E-state index contributed by atoms with van der Waals surface area (Å²) >= 11 is 5.93. The van der Waals surface area contributed by atoms with Gasteiger partial charge in [-0.3, -0.25) is 4.90 Å². The Bertz CT molecular complexity index is 452. The number of rotatable bonds is 2. The van der Waals surface area contributed by atoms with Gasteiger partial charge in [0.15, 0.2) is 0 Å². The molecule has 2 heterocycles. The fourth-order valence-electron chi connectivity index (χ4n) is 2.42. The van der Waals surface area contributed by atoms with Crippen LogP contribution in [0, 0.1) is 0 Å². The number of nitrogens with one attached hydrogen (secondary N) is 1. The minimum absolute atomic E-state index is 0.00156. The summed E-state index contributed by atoms with van der Waals surface area (Å²) in [6, 6.07) is 7.72. The van der Waals surface area contributed by atoms with Gasteiger partial charge in [0.05, 0.1) is 6.04 Å². The van der Waals surface area contributed by atoms with E-state index in [9.17, 15) is 4.79 Å². The van der Waals surface area contributed by atoms with Crippen LogP contribution in [0.3, 0.4) is 0 Å². The Hall–Kier alpha value is -1.26. The van der Waals surface area contributed by atoms with E-state index < -0.39 is 0 Å². The van der Waals surface area contributed by atoms with Gasteiger partial charge < -0.3 is 10.1 Å². The number of benzene rings is 1. The zero-order valence-corrected chi connectivity index (χ0v) is 9.98. The minimum atomic E-state index is -0.221. The zero-order chi connectivity index (χ0) is 11.8. The molecule has 0 aromatic heterocycles. The molecule has 5 heteroatoms. The Morgan fingerprint density at radius 3 is 3.18 bits per heavy atom. The number of nitrogens with zero attached hydrogens (tertiary/aromatic N) is 1. The Labute approximate surface area is 104 Å². The summed E-state index contributed by atoms with van der Waals surface area (Å²) in [6.07, 6.45) is -0.219. The molecule has 1 amide bonds. The van der Waals surface area contributed by atoms with Crippen LogP contribution < -0.4 is 5.32 Å². The molecule has 2 aliphatic rings. The number of ether oxygens (including phenoxy) is 1. The van der Waals surface area contributed by atoms with Crippen LogP contribution in [0.5, 0.6) is 0 Å². The Morgan fingerprint density at radius 2 is 2.35 bits per heavy atom. The van der Waals surface area contributed by atoms with E-state index in [1.165, 1.54) is 0 Å². The molecule has 90 valence electrons. The minimum Gasteiger partial charge on any atom is -0.442 e. The molecule has 1 aromatic rings. The van der Waals surface area contributed by atoms with Crippen molar-refractivity contribution >= 4 is 17.7 Å². The van der Waals surface area contributed by atoms with Gasteiger partial charge in [0.2, 0.25) is 0 Å². The lowest BCUT2D eigenvalue weighted by molar-refractivity contribution is 0.133. The van der Waals surface area contributed by atoms with E-state index in [1.54, 1.807) is 4.90 Å². The highest BCUT2D eigenvalue weighted by Gasteiger charge is 2.44. The number of carbonyl (C=O) groups is 1. The third-order valence-corrected chi connectivity index (χ3v) is 3.49. The number of hydrogen-bond donors (Lipinski definition) is 1. The lowest BCUT2D eigenvalue weighted by Gasteiger charge is -2.19. The zero-order valence-electron chi connectivity index (χ0n) is 9.23. The van der Waals surface area contributed by atoms with E-state index in [1.807, 2.05) is 24.3 Å². The third-order valence-electron chi connectivity index (χ3n) is 3.26. The average molecular weight is 253 g/mol. The van der Waals surface area contributed by atoms with Crippen LogP contribution in [0.25, 0.3) is 0 Å². The molecule has 2 unspecified atom stereocenters. The molecule has 0 saturated carbocycles. The Morgan fingerprint density at radius 1 is 1.47 bits per heavy atom. The first-order valence-corrected chi connectivity index (χ1v) is 6.04. The molecular weight excluding hydrogens is 240 g/mol. The Kier molecular flexibility index (Phi) is 2.68. The van der Waals surface area contributed by atoms with Gasteiger partial charge in [0, 0.05) is 24.7 Å². The van der Waals surface area contributed by atoms with Crippen molar-refractivity contribution in [3.63, 3.8) is 0 Å². The lowest BCUT2D eigenvalue weighted by Crippen LogP contribution is -2.36. The van der Waals surface area contributed by atoms with Gasteiger partial charge in [-0.25, -0.2) is 4.79 Å². The second kappa shape index (κ2) is 4.20. The maximum Gasteiger partial charge on any atom is 0.410 e. The lowest BCUT2D eigenvalue weighted by atomic mass is 10.1. The third kappa shape index (κ3) is 1.98. The topological polar surface area (TPSA) is 41.6 Å². The first-order valence-electron chi connectivity index (χ1n) is 5.66. The van der Waals surface area contributed by atoms with E-state index >= 15 is 0 Å². The summed E-state index contributed by atoms with van der Waals surface area (Å²) in [5.41, 5.74) is 1.03. The summed E-state index contributed by atoms with van der Waals surface area (Å²) < 4.78 is 5.29. The molecule has 1 N–H and O–H groups in total. The molecule has 17 heavy (non-hydrogen) atoms. The summed E-state index contributed by atoms with van der Waals surface area (Å²) in [4.78, 5) is 13.5. The van der Waals surface area contributed by atoms with E-state index in [0.29, 0.717) is 11.6 Å². The van der Waals surface area contributed by atoms with Crippen molar-refractivity contribution in [1.29, 1.82) is 0 Å². The normalized spacial score (nSPS) is 27.1. The van der Waals surface area contributed by atoms with Gasteiger partial charge in [-0.05, 0) is 17.7 Å². The van der Waals surface area contributed by atoms with Crippen LogP contribution in [0.2, 0.25) is 5.02 Å². The number of hydrogen-bond acceptors (Lipinski definition) is 3. The van der Waals surface area contributed by atoms with E-state index in [2.05, 4.69) is 5.32 Å². The predicted molar refractivity (Wildman–Crippen MR) is 63.9 cm³/mol. The first-order chi connectivity index (χ1) is 8.24. The molecule has 2 fully saturated rings. The van der Waals surface area contributed by atoms with Crippen molar-refractivity contribution in [3.05, 3.63) is 34.9 Å². The van der Waals surface area contributed by atoms with Crippen molar-refractivity contribution in [2.45, 2.75) is 18.7 Å². The van der Waals surface area contributed by atoms with Gasteiger partial charge in [-0.1, -0.05) is 23.7 Å².